The van der Waals surface area contributed by atoms with Crippen molar-refractivity contribution in [3.63, 3.8) is 0 Å². The molecular weight excluding hydrogens is 238 g/mol. The van der Waals surface area contributed by atoms with Gasteiger partial charge in [-0.1, -0.05) is 24.3 Å². The van der Waals surface area contributed by atoms with Gasteiger partial charge in [0.15, 0.2) is 11.5 Å². The second-order valence-electron chi connectivity index (χ2n) is 4.34. The highest BCUT2D eigenvalue weighted by Gasteiger charge is 2.05. The average molecular weight is 257 g/mol. The van der Waals surface area contributed by atoms with Crippen LogP contribution in [0.1, 0.15) is 25.5 Å². The third-order valence-corrected chi connectivity index (χ3v) is 2.78. The van der Waals surface area contributed by atoms with Crippen molar-refractivity contribution in [2.75, 3.05) is 6.61 Å². The van der Waals surface area contributed by atoms with Crippen LogP contribution in [0.3, 0.4) is 0 Å². The minimum Gasteiger partial charge on any atom is -0.490 e. The van der Waals surface area contributed by atoms with Crippen LogP contribution < -0.4 is 15.2 Å². The van der Waals surface area contributed by atoms with E-state index in [1.807, 2.05) is 62.4 Å². The Kier molecular flexibility index (Phi) is 4.42. The first-order valence-electron chi connectivity index (χ1n) is 6.46. The van der Waals surface area contributed by atoms with Gasteiger partial charge in [-0.05, 0) is 43.7 Å². The summed E-state index contributed by atoms with van der Waals surface area (Å²) in [6.45, 7) is 4.53. The first kappa shape index (κ1) is 13.4. The van der Waals surface area contributed by atoms with Gasteiger partial charge < -0.3 is 15.2 Å². The van der Waals surface area contributed by atoms with Gasteiger partial charge in [-0.15, -0.1) is 0 Å². The molecular formula is C16H19NO2. The summed E-state index contributed by atoms with van der Waals surface area (Å²) in [5.41, 5.74) is 6.91. The van der Waals surface area contributed by atoms with Crippen molar-refractivity contribution < 1.29 is 9.47 Å². The summed E-state index contributed by atoms with van der Waals surface area (Å²) < 4.78 is 11.4. The zero-order valence-corrected chi connectivity index (χ0v) is 11.3. The Labute approximate surface area is 114 Å². The van der Waals surface area contributed by atoms with E-state index in [0.29, 0.717) is 6.61 Å². The summed E-state index contributed by atoms with van der Waals surface area (Å²) >= 11 is 0. The van der Waals surface area contributed by atoms with E-state index in [1.54, 1.807) is 0 Å². The number of nitrogens with two attached hydrogens (primary N) is 1. The molecule has 2 aromatic carbocycles. The Morgan fingerprint density at radius 1 is 1.00 bits per heavy atom. The minimum absolute atomic E-state index is 0.0322. The first-order valence-corrected chi connectivity index (χ1v) is 6.46. The van der Waals surface area contributed by atoms with E-state index in [0.717, 1.165) is 22.8 Å². The van der Waals surface area contributed by atoms with Gasteiger partial charge >= 0.3 is 0 Å². The quantitative estimate of drug-likeness (QED) is 0.883. The third-order valence-electron chi connectivity index (χ3n) is 2.78. The van der Waals surface area contributed by atoms with Crippen LogP contribution in [0.15, 0.2) is 48.5 Å². The van der Waals surface area contributed by atoms with Crippen LogP contribution in [0.2, 0.25) is 0 Å². The van der Waals surface area contributed by atoms with Crippen LogP contribution in [0, 0.1) is 0 Å². The molecule has 0 radical (unpaired) electrons. The van der Waals surface area contributed by atoms with Crippen LogP contribution in [-0.2, 0) is 0 Å². The summed E-state index contributed by atoms with van der Waals surface area (Å²) in [7, 11) is 0. The molecule has 2 rings (SSSR count). The maximum Gasteiger partial charge on any atom is 0.169 e. The number of para-hydroxylation sites is 2. The lowest BCUT2D eigenvalue weighted by Gasteiger charge is -2.12. The number of rotatable bonds is 5. The molecule has 1 atom stereocenters. The summed E-state index contributed by atoms with van der Waals surface area (Å²) in [5, 5.41) is 0. The van der Waals surface area contributed by atoms with Gasteiger partial charge in [0, 0.05) is 6.04 Å². The van der Waals surface area contributed by atoms with Gasteiger partial charge in [-0.25, -0.2) is 0 Å². The number of benzene rings is 2. The zero-order chi connectivity index (χ0) is 13.7. The lowest BCUT2D eigenvalue weighted by Crippen LogP contribution is -2.04. The summed E-state index contributed by atoms with van der Waals surface area (Å²) in [4.78, 5) is 0. The molecule has 0 saturated carbocycles. The molecule has 0 aromatic heterocycles. The maximum absolute atomic E-state index is 5.83. The highest BCUT2D eigenvalue weighted by atomic mass is 16.5. The highest BCUT2D eigenvalue weighted by Crippen LogP contribution is 2.31. The molecule has 3 heteroatoms. The van der Waals surface area contributed by atoms with Crippen molar-refractivity contribution in [2.24, 2.45) is 5.73 Å². The summed E-state index contributed by atoms with van der Waals surface area (Å²) in [6, 6.07) is 15.5. The van der Waals surface area contributed by atoms with E-state index in [4.69, 9.17) is 15.2 Å². The second-order valence-corrected chi connectivity index (χ2v) is 4.34. The minimum atomic E-state index is 0.0322. The van der Waals surface area contributed by atoms with Crippen LogP contribution in [0.25, 0.3) is 0 Å². The molecule has 0 spiro atoms. The van der Waals surface area contributed by atoms with Crippen molar-refractivity contribution in [2.45, 2.75) is 19.9 Å². The van der Waals surface area contributed by atoms with Gasteiger partial charge in [-0.2, -0.15) is 0 Å². The van der Waals surface area contributed by atoms with Crippen LogP contribution in [-0.4, -0.2) is 6.61 Å². The van der Waals surface area contributed by atoms with E-state index in [2.05, 4.69) is 0 Å². The van der Waals surface area contributed by atoms with Gasteiger partial charge in [0.25, 0.3) is 0 Å². The molecule has 100 valence electrons. The van der Waals surface area contributed by atoms with E-state index >= 15 is 0 Å². The topological polar surface area (TPSA) is 44.5 Å². The lowest BCUT2D eigenvalue weighted by atomic mass is 10.1. The first-order chi connectivity index (χ1) is 9.20. The molecule has 0 unspecified atom stereocenters. The molecule has 0 bridgehead atoms. The summed E-state index contributed by atoms with van der Waals surface area (Å²) in [5.74, 6) is 2.25. The monoisotopic (exact) mass is 257 g/mol. The van der Waals surface area contributed by atoms with Crippen LogP contribution in [0.4, 0.5) is 0 Å². The maximum atomic E-state index is 5.83. The van der Waals surface area contributed by atoms with Gasteiger partial charge in [0.05, 0.1) is 6.61 Å². The standard InChI is InChI=1S/C16H19NO2/c1-3-18-15-6-4-5-7-16(15)19-14-10-8-13(9-11-14)12(2)17/h4-12H,3,17H2,1-2H3/t12-/m0/s1. The molecule has 0 fully saturated rings. The van der Waals surface area contributed by atoms with Crippen LogP contribution >= 0.6 is 0 Å². The van der Waals surface area contributed by atoms with Crippen molar-refractivity contribution in [1.82, 2.24) is 0 Å². The number of hydrogen-bond donors (Lipinski definition) is 1. The largest absolute Gasteiger partial charge is 0.490 e. The van der Waals surface area contributed by atoms with E-state index < -0.39 is 0 Å². The number of ether oxygens (including phenoxy) is 2. The normalized spacial score (nSPS) is 11.9. The average Bonchev–Trinajstić information content (AvgIpc) is 2.42. The fraction of sp³-hybridized carbons (Fsp3) is 0.250. The Hall–Kier alpha value is -2.00. The molecule has 2 aromatic rings. The molecule has 19 heavy (non-hydrogen) atoms. The Bertz CT molecular complexity index is 521. The number of hydrogen-bond acceptors (Lipinski definition) is 3. The van der Waals surface area contributed by atoms with Crippen molar-refractivity contribution in [3.05, 3.63) is 54.1 Å². The molecule has 0 saturated heterocycles. The van der Waals surface area contributed by atoms with Crippen LogP contribution in [0.5, 0.6) is 17.2 Å². The van der Waals surface area contributed by atoms with Gasteiger partial charge in [0.2, 0.25) is 0 Å². The van der Waals surface area contributed by atoms with Gasteiger partial charge in [0.1, 0.15) is 5.75 Å². The third kappa shape index (κ3) is 3.48. The molecule has 3 nitrogen and oxygen atoms in total. The Balaban J connectivity index is 2.16. The van der Waals surface area contributed by atoms with Crippen molar-refractivity contribution >= 4 is 0 Å². The fourth-order valence-corrected chi connectivity index (χ4v) is 1.78. The Morgan fingerprint density at radius 2 is 1.63 bits per heavy atom. The zero-order valence-electron chi connectivity index (χ0n) is 11.3. The summed E-state index contributed by atoms with van der Waals surface area (Å²) in [6.07, 6.45) is 0. The fourth-order valence-electron chi connectivity index (χ4n) is 1.78. The molecule has 0 aliphatic carbocycles. The van der Waals surface area contributed by atoms with E-state index in [-0.39, 0.29) is 6.04 Å². The molecule has 0 heterocycles. The smallest absolute Gasteiger partial charge is 0.169 e. The SMILES string of the molecule is CCOc1ccccc1Oc1ccc([C@H](C)N)cc1. The molecule has 0 amide bonds. The molecule has 0 aliphatic heterocycles. The predicted molar refractivity (Wildman–Crippen MR) is 76.7 cm³/mol. The van der Waals surface area contributed by atoms with E-state index in [1.165, 1.54) is 0 Å². The van der Waals surface area contributed by atoms with E-state index in [9.17, 15) is 0 Å². The van der Waals surface area contributed by atoms with Gasteiger partial charge in [-0.3, -0.25) is 0 Å². The second kappa shape index (κ2) is 6.25. The predicted octanol–water partition coefficient (Wildman–Crippen LogP) is 3.90. The van der Waals surface area contributed by atoms with Crippen molar-refractivity contribution in [1.29, 1.82) is 0 Å². The molecule has 0 aliphatic rings. The Morgan fingerprint density at radius 3 is 2.21 bits per heavy atom. The highest BCUT2D eigenvalue weighted by molar-refractivity contribution is 5.43. The van der Waals surface area contributed by atoms with Crippen molar-refractivity contribution in [3.8, 4) is 17.2 Å². The molecule has 2 N–H and O–H groups in total. The lowest BCUT2D eigenvalue weighted by molar-refractivity contribution is 0.321.